The summed E-state index contributed by atoms with van der Waals surface area (Å²) in [6.45, 7) is 3.41. The number of hydrogen-bond acceptors (Lipinski definition) is 5. The third kappa shape index (κ3) is 2.77. The zero-order valence-corrected chi connectivity index (χ0v) is 12.3. The van der Waals surface area contributed by atoms with Gasteiger partial charge in [0.2, 0.25) is 10.0 Å². The molecule has 20 heavy (non-hydrogen) atoms. The fraction of sp³-hybridized carbons (Fsp3) is 0.462. The Morgan fingerprint density at radius 3 is 2.85 bits per heavy atom. The van der Waals surface area contributed by atoms with Gasteiger partial charge in [-0.15, -0.1) is 0 Å². The Morgan fingerprint density at radius 1 is 1.50 bits per heavy atom. The Labute approximate surface area is 119 Å². The molecule has 1 N–H and O–H groups in total. The normalized spacial score (nSPS) is 20.4. The SMILES string of the molecule is COc1cc(C#N)ccc1S(=O)(=O)N1CCN[C@@H](C)C1. The molecule has 1 fully saturated rings. The number of nitrogens with zero attached hydrogens (tertiary/aromatic N) is 2. The van der Waals surface area contributed by atoms with Crippen molar-refractivity contribution in [2.24, 2.45) is 0 Å². The van der Waals surface area contributed by atoms with Gasteiger partial charge in [-0.1, -0.05) is 0 Å². The van der Waals surface area contributed by atoms with Gasteiger partial charge in [0.05, 0.1) is 18.7 Å². The first-order chi connectivity index (χ1) is 9.48. The summed E-state index contributed by atoms with van der Waals surface area (Å²) in [7, 11) is -2.21. The van der Waals surface area contributed by atoms with E-state index in [-0.39, 0.29) is 16.7 Å². The van der Waals surface area contributed by atoms with Crippen LogP contribution in [0.25, 0.3) is 0 Å². The van der Waals surface area contributed by atoms with Crippen molar-refractivity contribution < 1.29 is 13.2 Å². The highest BCUT2D eigenvalue weighted by molar-refractivity contribution is 7.89. The molecule has 0 saturated carbocycles. The summed E-state index contributed by atoms with van der Waals surface area (Å²) in [6.07, 6.45) is 0. The number of nitrogens with one attached hydrogen (secondary N) is 1. The minimum Gasteiger partial charge on any atom is -0.495 e. The van der Waals surface area contributed by atoms with Crippen molar-refractivity contribution in [2.45, 2.75) is 17.9 Å². The number of nitriles is 1. The fourth-order valence-corrected chi connectivity index (χ4v) is 3.87. The second kappa shape index (κ2) is 5.79. The molecule has 1 aliphatic rings. The number of ether oxygens (including phenoxy) is 1. The summed E-state index contributed by atoms with van der Waals surface area (Å²) in [5, 5.41) is 12.1. The van der Waals surface area contributed by atoms with E-state index in [0.717, 1.165) is 0 Å². The van der Waals surface area contributed by atoms with Gasteiger partial charge in [-0.2, -0.15) is 9.57 Å². The molecule has 1 aromatic carbocycles. The van der Waals surface area contributed by atoms with Crippen LogP contribution in [0.1, 0.15) is 12.5 Å². The number of hydrogen-bond donors (Lipinski definition) is 1. The molecule has 1 saturated heterocycles. The maximum absolute atomic E-state index is 12.6. The number of methoxy groups -OCH3 is 1. The molecule has 0 radical (unpaired) electrons. The van der Waals surface area contributed by atoms with E-state index in [1.54, 1.807) is 0 Å². The molecule has 2 rings (SSSR count). The van der Waals surface area contributed by atoms with Crippen molar-refractivity contribution in [3.8, 4) is 11.8 Å². The van der Waals surface area contributed by atoms with Crippen molar-refractivity contribution in [2.75, 3.05) is 26.7 Å². The lowest BCUT2D eigenvalue weighted by Crippen LogP contribution is -2.51. The average Bonchev–Trinajstić information content (AvgIpc) is 2.46. The Balaban J connectivity index is 2.41. The molecule has 1 aliphatic heterocycles. The standard InChI is InChI=1S/C13H17N3O3S/c1-10-9-16(6-5-15-10)20(17,18)13-4-3-11(8-14)7-12(13)19-2/h3-4,7,10,15H,5-6,9H2,1-2H3/t10-/m0/s1. The lowest BCUT2D eigenvalue weighted by atomic mass is 10.2. The molecule has 1 atom stereocenters. The Kier molecular flexibility index (Phi) is 4.28. The second-order valence-corrected chi connectivity index (χ2v) is 6.60. The van der Waals surface area contributed by atoms with Crippen LogP contribution in [0.5, 0.6) is 5.75 Å². The van der Waals surface area contributed by atoms with Crippen LogP contribution in [0, 0.1) is 11.3 Å². The van der Waals surface area contributed by atoms with Crippen molar-refractivity contribution in [1.29, 1.82) is 5.26 Å². The van der Waals surface area contributed by atoms with Crippen LogP contribution in [0.3, 0.4) is 0 Å². The highest BCUT2D eigenvalue weighted by Crippen LogP contribution is 2.28. The van der Waals surface area contributed by atoms with Crippen LogP contribution in [0.2, 0.25) is 0 Å². The molecule has 0 amide bonds. The summed E-state index contributed by atoms with van der Waals surface area (Å²) >= 11 is 0. The quantitative estimate of drug-likeness (QED) is 0.880. The highest BCUT2D eigenvalue weighted by Gasteiger charge is 2.30. The van der Waals surface area contributed by atoms with Crippen LogP contribution in [-0.4, -0.2) is 45.5 Å². The maximum Gasteiger partial charge on any atom is 0.246 e. The molecule has 0 spiro atoms. The first-order valence-corrected chi connectivity index (χ1v) is 7.74. The monoisotopic (exact) mass is 295 g/mol. The molecule has 6 nitrogen and oxygen atoms in total. The third-order valence-corrected chi connectivity index (χ3v) is 5.15. The zero-order valence-electron chi connectivity index (χ0n) is 11.5. The topological polar surface area (TPSA) is 82.4 Å². The van der Waals surface area contributed by atoms with Gasteiger partial charge in [0.1, 0.15) is 10.6 Å². The Hall–Kier alpha value is -1.62. The number of rotatable bonds is 3. The smallest absolute Gasteiger partial charge is 0.246 e. The van der Waals surface area contributed by atoms with Gasteiger partial charge < -0.3 is 10.1 Å². The number of piperazine rings is 1. The second-order valence-electron chi connectivity index (χ2n) is 4.70. The van der Waals surface area contributed by atoms with E-state index in [1.165, 1.54) is 29.6 Å². The van der Waals surface area contributed by atoms with E-state index in [1.807, 2.05) is 13.0 Å². The van der Waals surface area contributed by atoms with Crippen molar-refractivity contribution in [3.63, 3.8) is 0 Å². The van der Waals surface area contributed by atoms with Gasteiger partial charge in [0.25, 0.3) is 0 Å². The molecule has 7 heteroatoms. The molecular formula is C13H17N3O3S. The minimum atomic E-state index is -3.60. The van der Waals surface area contributed by atoms with E-state index in [2.05, 4.69) is 5.32 Å². The molecule has 108 valence electrons. The van der Waals surface area contributed by atoms with Gasteiger partial charge in [-0.25, -0.2) is 8.42 Å². The van der Waals surface area contributed by atoms with Crippen molar-refractivity contribution in [1.82, 2.24) is 9.62 Å². The van der Waals surface area contributed by atoms with Crippen LogP contribution >= 0.6 is 0 Å². The Morgan fingerprint density at radius 2 is 2.25 bits per heavy atom. The highest BCUT2D eigenvalue weighted by atomic mass is 32.2. The van der Waals surface area contributed by atoms with Gasteiger partial charge in [0, 0.05) is 25.7 Å². The van der Waals surface area contributed by atoms with Crippen molar-refractivity contribution >= 4 is 10.0 Å². The van der Waals surface area contributed by atoms with Gasteiger partial charge in [0.15, 0.2) is 0 Å². The van der Waals surface area contributed by atoms with Crippen LogP contribution < -0.4 is 10.1 Å². The predicted octanol–water partition coefficient (Wildman–Crippen LogP) is 0.549. The molecular weight excluding hydrogens is 278 g/mol. The van der Waals surface area contributed by atoms with Gasteiger partial charge in [-0.05, 0) is 25.1 Å². The Bertz CT molecular complexity index is 637. The van der Waals surface area contributed by atoms with Crippen molar-refractivity contribution in [3.05, 3.63) is 23.8 Å². The molecule has 1 heterocycles. The van der Waals surface area contributed by atoms with E-state index in [9.17, 15) is 8.42 Å². The zero-order chi connectivity index (χ0) is 14.8. The minimum absolute atomic E-state index is 0.105. The molecule has 0 aliphatic carbocycles. The molecule has 0 bridgehead atoms. The van der Waals surface area contributed by atoms with E-state index < -0.39 is 10.0 Å². The largest absolute Gasteiger partial charge is 0.495 e. The van der Waals surface area contributed by atoms with E-state index in [0.29, 0.717) is 25.2 Å². The number of benzene rings is 1. The van der Waals surface area contributed by atoms with E-state index in [4.69, 9.17) is 10.00 Å². The molecule has 0 unspecified atom stereocenters. The predicted molar refractivity (Wildman–Crippen MR) is 73.9 cm³/mol. The third-order valence-electron chi connectivity index (χ3n) is 3.24. The summed E-state index contributed by atoms with van der Waals surface area (Å²) < 4.78 is 31.9. The lowest BCUT2D eigenvalue weighted by molar-refractivity contribution is 0.308. The first-order valence-electron chi connectivity index (χ1n) is 6.30. The van der Waals surface area contributed by atoms with E-state index >= 15 is 0 Å². The molecule has 0 aromatic heterocycles. The fourth-order valence-electron chi connectivity index (χ4n) is 2.20. The molecule has 1 aromatic rings. The average molecular weight is 295 g/mol. The first kappa shape index (κ1) is 14.8. The lowest BCUT2D eigenvalue weighted by Gasteiger charge is -2.31. The van der Waals surface area contributed by atoms with Gasteiger partial charge in [-0.3, -0.25) is 0 Å². The van der Waals surface area contributed by atoms with Crippen LogP contribution in [0.15, 0.2) is 23.1 Å². The summed E-state index contributed by atoms with van der Waals surface area (Å²) in [5.74, 6) is 0.204. The van der Waals surface area contributed by atoms with Crippen LogP contribution in [-0.2, 0) is 10.0 Å². The summed E-state index contributed by atoms with van der Waals surface area (Å²) in [4.78, 5) is 0.105. The summed E-state index contributed by atoms with van der Waals surface area (Å²) in [6, 6.07) is 6.44. The summed E-state index contributed by atoms with van der Waals surface area (Å²) in [5.41, 5.74) is 0.370. The number of sulfonamides is 1. The maximum atomic E-state index is 12.6. The van der Waals surface area contributed by atoms with Crippen LogP contribution in [0.4, 0.5) is 0 Å². The van der Waals surface area contributed by atoms with Gasteiger partial charge >= 0.3 is 0 Å².